The molecular formula is C16H28N2O3. The molecule has 0 aromatic carbocycles. The van der Waals surface area contributed by atoms with Crippen LogP contribution in [0, 0.1) is 0 Å². The maximum atomic E-state index is 12.0. The van der Waals surface area contributed by atoms with Crippen molar-refractivity contribution in [3.63, 3.8) is 0 Å². The van der Waals surface area contributed by atoms with Gasteiger partial charge in [-0.15, -0.1) is 0 Å². The summed E-state index contributed by atoms with van der Waals surface area (Å²) in [6, 6.07) is 0.0433. The molecule has 0 bridgehead atoms. The van der Waals surface area contributed by atoms with Crippen molar-refractivity contribution in [2.24, 2.45) is 0 Å². The van der Waals surface area contributed by atoms with Crippen LogP contribution in [0.2, 0.25) is 0 Å². The van der Waals surface area contributed by atoms with Crippen LogP contribution in [0.25, 0.3) is 0 Å². The summed E-state index contributed by atoms with van der Waals surface area (Å²) in [4.78, 5) is 14.0. The van der Waals surface area contributed by atoms with Gasteiger partial charge in [-0.25, -0.2) is 0 Å². The zero-order valence-corrected chi connectivity index (χ0v) is 13.0. The van der Waals surface area contributed by atoms with E-state index < -0.39 is 0 Å². The number of carbonyl (C=O) groups excluding carboxylic acids is 1. The van der Waals surface area contributed by atoms with Gasteiger partial charge in [0.15, 0.2) is 0 Å². The fourth-order valence-electron chi connectivity index (χ4n) is 3.23. The molecule has 1 heterocycles. The van der Waals surface area contributed by atoms with Gasteiger partial charge in [-0.3, -0.25) is 9.69 Å². The van der Waals surface area contributed by atoms with Gasteiger partial charge in [-0.05, 0) is 38.5 Å². The number of amides is 1. The number of carbonyl (C=O) groups is 1. The first-order valence-corrected chi connectivity index (χ1v) is 8.05. The van der Waals surface area contributed by atoms with E-state index in [2.05, 4.69) is 11.4 Å². The Kier molecular flexibility index (Phi) is 6.67. The van der Waals surface area contributed by atoms with Crippen LogP contribution in [0.15, 0.2) is 11.6 Å². The predicted molar refractivity (Wildman–Crippen MR) is 82.0 cm³/mol. The molecule has 0 aromatic rings. The molecule has 2 aliphatic rings. The highest BCUT2D eigenvalue weighted by molar-refractivity contribution is 5.78. The van der Waals surface area contributed by atoms with E-state index in [9.17, 15) is 9.90 Å². The molecular weight excluding hydrogens is 268 g/mol. The summed E-state index contributed by atoms with van der Waals surface area (Å²) < 4.78 is 5.32. The quantitative estimate of drug-likeness (QED) is 0.690. The first-order valence-electron chi connectivity index (χ1n) is 8.05. The first kappa shape index (κ1) is 16.5. The minimum absolute atomic E-state index is 0.0432. The van der Waals surface area contributed by atoms with E-state index in [4.69, 9.17) is 4.74 Å². The Morgan fingerprint density at radius 1 is 1.52 bits per heavy atom. The lowest BCUT2D eigenvalue weighted by Gasteiger charge is -2.21. The van der Waals surface area contributed by atoms with E-state index in [1.54, 1.807) is 7.11 Å². The number of hydrogen-bond acceptors (Lipinski definition) is 4. The predicted octanol–water partition coefficient (Wildman–Crippen LogP) is 1.07. The summed E-state index contributed by atoms with van der Waals surface area (Å²) in [5, 5.41) is 12.4. The number of likely N-dealkylation sites (tertiary alicyclic amines) is 1. The number of nitrogens with one attached hydrogen (secondary N) is 1. The Morgan fingerprint density at radius 2 is 2.38 bits per heavy atom. The van der Waals surface area contributed by atoms with Gasteiger partial charge in [0, 0.05) is 26.2 Å². The highest BCUT2D eigenvalue weighted by Crippen LogP contribution is 2.20. The van der Waals surface area contributed by atoms with Crippen LogP contribution >= 0.6 is 0 Å². The SMILES string of the molecule is CO[C@@H]1C[C@@H](CO)N(CC(=O)NCCC2=CCCCC2)C1. The van der Waals surface area contributed by atoms with Gasteiger partial charge in [-0.2, -0.15) is 0 Å². The van der Waals surface area contributed by atoms with E-state index in [1.165, 1.54) is 31.3 Å². The largest absolute Gasteiger partial charge is 0.395 e. The summed E-state index contributed by atoms with van der Waals surface area (Å²) >= 11 is 0. The van der Waals surface area contributed by atoms with Crippen molar-refractivity contribution in [3.8, 4) is 0 Å². The Bertz CT molecular complexity index is 371. The fourth-order valence-corrected chi connectivity index (χ4v) is 3.23. The maximum Gasteiger partial charge on any atom is 0.234 e. The summed E-state index contributed by atoms with van der Waals surface area (Å²) in [5.74, 6) is 0.0432. The third-order valence-corrected chi connectivity index (χ3v) is 4.53. The molecule has 2 rings (SSSR count). The molecule has 21 heavy (non-hydrogen) atoms. The van der Waals surface area contributed by atoms with Crippen molar-refractivity contribution in [2.45, 2.75) is 50.7 Å². The number of nitrogens with zero attached hydrogens (tertiary/aromatic N) is 1. The number of hydrogen-bond donors (Lipinski definition) is 2. The Morgan fingerprint density at radius 3 is 3.05 bits per heavy atom. The molecule has 1 aliphatic carbocycles. The van der Waals surface area contributed by atoms with Gasteiger partial charge in [0.2, 0.25) is 5.91 Å². The molecule has 0 radical (unpaired) electrons. The van der Waals surface area contributed by atoms with Crippen LogP contribution in [-0.4, -0.2) is 61.4 Å². The average molecular weight is 296 g/mol. The van der Waals surface area contributed by atoms with E-state index in [-0.39, 0.29) is 24.7 Å². The number of ether oxygens (including phenoxy) is 1. The van der Waals surface area contributed by atoms with Gasteiger partial charge in [0.1, 0.15) is 0 Å². The monoisotopic (exact) mass is 296 g/mol. The second-order valence-electron chi connectivity index (χ2n) is 6.07. The number of rotatable bonds is 7. The van der Waals surface area contributed by atoms with Crippen molar-refractivity contribution in [2.75, 3.05) is 33.4 Å². The summed E-state index contributed by atoms with van der Waals surface area (Å²) in [6.45, 7) is 1.88. The van der Waals surface area contributed by atoms with E-state index >= 15 is 0 Å². The fraction of sp³-hybridized carbons (Fsp3) is 0.812. The summed E-state index contributed by atoms with van der Waals surface area (Å²) in [7, 11) is 1.68. The highest BCUT2D eigenvalue weighted by Gasteiger charge is 2.32. The Balaban J connectivity index is 1.67. The number of aliphatic hydroxyl groups excluding tert-OH is 1. The van der Waals surface area contributed by atoms with Gasteiger partial charge in [0.05, 0.1) is 19.3 Å². The second kappa shape index (κ2) is 8.51. The molecule has 2 N–H and O–H groups in total. The number of aliphatic hydroxyl groups is 1. The van der Waals surface area contributed by atoms with Gasteiger partial charge in [-0.1, -0.05) is 11.6 Å². The standard InChI is InChI=1S/C16H28N2O3/c1-21-15-9-14(12-19)18(10-15)11-16(20)17-8-7-13-5-3-2-4-6-13/h5,14-15,19H,2-4,6-12H2,1H3,(H,17,20)/t14-,15+/m0/s1. The molecule has 0 aromatic heterocycles. The highest BCUT2D eigenvalue weighted by atomic mass is 16.5. The van der Waals surface area contributed by atoms with Crippen molar-refractivity contribution < 1.29 is 14.6 Å². The Hall–Kier alpha value is -0.910. The summed E-state index contributed by atoms with van der Waals surface area (Å²) in [6.07, 6.45) is 9.17. The van der Waals surface area contributed by atoms with Gasteiger partial charge >= 0.3 is 0 Å². The molecule has 1 fully saturated rings. The molecule has 1 amide bonds. The first-order chi connectivity index (χ1) is 10.2. The zero-order chi connectivity index (χ0) is 15.1. The molecule has 1 saturated heterocycles. The minimum atomic E-state index is 0.0432. The lowest BCUT2D eigenvalue weighted by atomic mass is 9.97. The molecule has 0 saturated carbocycles. The molecule has 0 spiro atoms. The number of allylic oxidation sites excluding steroid dienone is 1. The normalized spacial score (nSPS) is 26.7. The van der Waals surface area contributed by atoms with E-state index in [1.807, 2.05) is 4.90 Å². The number of methoxy groups -OCH3 is 1. The van der Waals surface area contributed by atoms with Crippen LogP contribution < -0.4 is 5.32 Å². The minimum Gasteiger partial charge on any atom is -0.395 e. The molecule has 5 nitrogen and oxygen atoms in total. The van der Waals surface area contributed by atoms with Crippen LogP contribution in [0.3, 0.4) is 0 Å². The molecule has 5 heteroatoms. The summed E-state index contributed by atoms with van der Waals surface area (Å²) in [5.41, 5.74) is 1.48. The van der Waals surface area contributed by atoms with E-state index in [0.717, 1.165) is 25.9 Å². The van der Waals surface area contributed by atoms with E-state index in [0.29, 0.717) is 6.54 Å². The molecule has 1 aliphatic heterocycles. The van der Waals surface area contributed by atoms with Crippen LogP contribution in [0.5, 0.6) is 0 Å². The average Bonchev–Trinajstić information content (AvgIpc) is 2.90. The van der Waals surface area contributed by atoms with Crippen molar-refractivity contribution in [1.82, 2.24) is 10.2 Å². The van der Waals surface area contributed by atoms with Crippen LogP contribution in [0.1, 0.15) is 38.5 Å². The topological polar surface area (TPSA) is 61.8 Å². The van der Waals surface area contributed by atoms with Gasteiger partial charge in [0.25, 0.3) is 0 Å². The molecule has 120 valence electrons. The smallest absolute Gasteiger partial charge is 0.234 e. The molecule has 0 unspecified atom stereocenters. The third-order valence-electron chi connectivity index (χ3n) is 4.53. The van der Waals surface area contributed by atoms with Crippen molar-refractivity contribution >= 4 is 5.91 Å². The van der Waals surface area contributed by atoms with Crippen molar-refractivity contribution in [1.29, 1.82) is 0 Å². The molecule has 2 atom stereocenters. The van der Waals surface area contributed by atoms with Gasteiger partial charge < -0.3 is 15.2 Å². The van der Waals surface area contributed by atoms with Crippen LogP contribution in [-0.2, 0) is 9.53 Å². The van der Waals surface area contributed by atoms with Crippen molar-refractivity contribution in [3.05, 3.63) is 11.6 Å². The zero-order valence-electron chi connectivity index (χ0n) is 13.0. The second-order valence-corrected chi connectivity index (χ2v) is 6.07. The maximum absolute atomic E-state index is 12.0. The third kappa shape index (κ3) is 5.09. The lowest BCUT2D eigenvalue weighted by molar-refractivity contribution is -0.122. The van der Waals surface area contributed by atoms with Crippen LogP contribution in [0.4, 0.5) is 0 Å². The lowest BCUT2D eigenvalue weighted by Crippen LogP contribution is -2.41. The Labute approximate surface area is 127 Å².